The highest BCUT2D eigenvalue weighted by Crippen LogP contribution is 2.26. The Morgan fingerprint density at radius 1 is 1.19 bits per heavy atom. The van der Waals surface area contributed by atoms with E-state index in [1.54, 1.807) is 23.6 Å². The number of amides is 3. The molecule has 0 aliphatic carbocycles. The summed E-state index contributed by atoms with van der Waals surface area (Å²) in [7, 11) is 1.82. The molecule has 0 saturated heterocycles. The van der Waals surface area contributed by atoms with Crippen LogP contribution in [0.5, 0.6) is 0 Å². The van der Waals surface area contributed by atoms with Crippen LogP contribution in [-0.2, 0) is 11.8 Å². The molecule has 1 aromatic carbocycles. The second-order valence-corrected chi connectivity index (χ2v) is 8.57. The number of halogens is 1. The first-order valence-electron chi connectivity index (χ1n) is 8.02. The van der Waals surface area contributed by atoms with Gasteiger partial charge in [0.05, 0.1) is 5.25 Å². The Labute approximate surface area is 161 Å². The number of thioether (sulfide) groups is 1. The smallest absolute Gasteiger partial charge is 0.321 e. The summed E-state index contributed by atoms with van der Waals surface area (Å²) >= 11 is 7.13. The molecule has 0 fully saturated rings. The number of imide groups is 1. The summed E-state index contributed by atoms with van der Waals surface area (Å²) in [4.78, 5) is 24.0. The molecule has 2 rings (SSSR count). The molecule has 0 spiro atoms. The molecular formula is C17H22ClN5O2S. The average molecular weight is 396 g/mol. The molecule has 0 radical (unpaired) electrons. The molecular weight excluding hydrogens is 374 g/mol. The lowest BCUT2D eigenvalue weighted by atomic mass is 10.1. The Morgan fingerprint density at radius 2 is 1.81 bits per heavy atom. The third-order valence-electron chi connectivity index (χ3n) is 3.31. The van der Waals surface area contributed by atoms with Crippen molar-refractivity contribution in [3.05, 3.63) is 29.3 Å². The Bertz CT molecular complexity index is 798. The summed E-state index contributed by atoms with van der Waals surface area (Å²) in [5, 5.41) is 14.0. The van der Waals surface area contributed by atoms with Crippen LogP contribution < -0.4 is 10.6 Å². The van der Waals surface area contributed by atoms with Crippen LogP contribution in [0.4, 0.5) is 4.79 Å². The minimum atomic E-state index is -0.519. The van der Waals surface area contributed by atoms with Gasteiger partial charge >= 0.3 is 6.03 Å². The van der Waals surface area contributed by atoms with E-state index < -0.39 is 22.7 Å². The second kappa shape index (κ2) is 8.09. The van der Waals surface area contributed by atoms with Crippen molar-refractivity contribution in [2.45, 2.75) is 43.6 Å². The van der Waals surface area contributed by atoms with Gasteiger partial charge in [0.2, 0.25) is 5.91 Å². The maximum absolute atomic E-state index is 12.2. The highest BCUT2D eigenvalue weighted by atomic mass is 35.5. The minimum absolute atomic E-state index is 0.396. The number of rotatable bonds is 4. The second-order valence-electron chi connectivity index (χ2n) is 6.83. The predicted octanol–water partition coefficient (Wildman–Crippen LogP) is 3.24. The van der Waals surface area contributed by atoms with Gasteiger partial charge in [0.1, 0.15) is 0 Å². The van der Waals surface area contributed by atoms with E-state index in [0.717, 1.165) is 5.56 Å². The number of benzene rings is 1. The third kappa shape index (κ3) is 5.47. The van der Waals surface area contributed by atoms with Gasteiger partial charge in [0.15, 0.2) is 11.0 Å². The number of urea groups is 1. The van der Waals surface area contributed by atoms with Gasteiger partial charge in [-0.2, -0.15) is 0 Å². The average Bonchev–Trinajstić information content (AvgIpc) is 2.87. The minimum Gasteiger partial charge on any atom is -0.333 e. The first kappa shape index (κ1) is 20.3. The molecule has 3 amide bonds. The van der Waals surface area contributed by atoms with Crippen molar-refractivity contribution in [1.82, 2.24) is 25.4 Å². The summed E-state index contributed by atoms with van der Waals surface area (Å²) in [5.74, 6) is 0.273. The number of hydrogen-bond donors (Lipinski definition) is 2. The SMILES string of the molecule is C[C@@H](Sc1nnc(-c2ccc(Cl)cc2)n1C)C(=O)NC(=O)NC(C)(C)C. The van der Waals surface area contributed by atoms with Gasteiger partial charge in [-0.1, -0.05) is 23.4 Å². The van der Waals surface area contributed by atoms with Gasteiger partial charge in [-0.3, -0.25) is 10.1 Å². The fraction of sp³-hybridized carbons (Fsp3) is 0.412. The van der Waals surface area contributed by atoms with Crippen LogP contribution in [0, 0.1) is 0 Å². The summed E-state index contributed by atoms with van der Waals surface area (Å²) < 4.78 is 1.80. The van der Waals surface area contributed by atoms with Crippen LogP contribution in [0.25, 0.3) is 11.4 Å². The van der Waals surface area contributed by atoms with Crippen molar-refractivity contribution in [1.29, 1.82) is 0 Å². The lowest BCUT2D eigenvalue weighted by molar-refractivity contribution is -0.119. The summed E-state index contributed by atoms with van der Waals surface area (Å²) in [6.45, 7) is 7.23. The van der Waals surface area contributed by atoms with Crippen LogP contribution in [0.2, 0.25) is 5.02 Å². The molecule has 1 atom stereocenters. The summed E-state index contributed by atoms with van der Waals surface area (Å²) in [6, 6.07) is 6.75. The molecule has 2 N–H and O–H groups in total. The van der Waals surface area contributed by atoms with E-state index in [4.69, 9.17) is 11.6 Å². The van der Waals surface area contributed by atoms with Crippen LogP contribution in [0.15, 0.2) is 29.4 Å². The zero-order chi connectivity index (χ0) is 19.5. The molecule has 140 valence electrons. The van der Waals surface area contributed by atoms with Gasteiger partial charge < -0.3 is 9.88 Å². The number of carbonyl (C=O) groups excluding carboxylic acids is 2. The molecule has 0 saturated carbocycles. The fourth-order valence-corrected chi connectivity index (χ4v) is 3.01. The number of aromatic nitrogens is 3. The fourth-order valence-electron chi connectivity index (χ4n) is 2.06. The Morgan fingerprint density at radius 3 is 2.38 bits per heavy atom. The van der Waals surface area contributed by atoms with E-state index >= 15 is 0 Å². The van der Waals surface area contributed by atoms with Gasteiger partial charge in [-0.15, -0.1) is 10.2 Å². The maximum atomic E-state index is 12.2. The molecule has 1 aromatic heterocycles. The van der Waals surface area contributed by atoms with E-state index in [9.17, 15) is 9.59 Å². The molecule has 0 bridgehead atoms. The van der Waals surface area contributed by atoms with E-state index in [1.165, 1.54) is 11.8 Å². The monoisotopic (exact) mass is 395 g/mol. The zero-order valence-corrected chi connectivity index (χ0v) is 16.9. The molecule has 7 nitrogen and oxygen atoms in total. The lowest BCUT2D eigenvalue weighted by Crippen LogP contribution is -2.49. The van der Waals surface area contributed by atoms with Gasteiger partial charge in [-0.25, -0.2) is 4.79 Å². The van der Waals surface area contributed by atoms with Crippen LogP contribution in [-0.4, -0.2) is 37.5 Å². The predicted molar refractivity (Wildman–Crippen MR) is 103 cm³/mol. The van der Waals surface area contributed by atoms with E-state index in [-0.39, 0.29) is 0 Å². The molecule has 2 aromatic rings. The van der Waals surface area contributed by atoms with Gasteiger partial charge in [0, 0.05) is 23.2 Å². The molecule has 0 unspecified atom stereocenters. The van der Waals surface area contributed by atoms with Crippen LogP contribution >= 0.6 is 23.4 Å². The Kier molecular flexibility index (Phi) is 6.30. The normalized spacial score (nSPS) is 12.5. The molecule has 1 heterocycles. The highest BCUT2D eigenvalue weighted by molar-refractivity contribution is 8.00. The van der Waals surface area contributed by atoms with E-state index in [1.807, 2.05) is 40.0 Å². The quantitative estimate of drug-likeness (QED) is 0.776. The number of nitrogens with zero attached hydrogens (tertiary/aromatic N) is 3. The molecule has 26 heavy (non-hydrogen) atoms. The van der Waals surface area contributed by atoms with Crippen LogP contribution in [0.1, 0.15) is 27.7 Å². The first-order chi connectivity index (χ1) is 12.1. The first-order valence-corrected chi connectivity index (χ1v) is 9.27. The summed E-state index contributed by atoms with van der Waals surface area (Å²) in [5.41, 5.74) is 0.454. The van der Waals surface area contributed by atoms with Gasteiger partial charge in [0.25, 0.3) is 0 Å². The van der Waals surface area contributed by atoms with Crippen molar-refractivity contribution in [3.63, 3.8) is 0 Å². The largest absolute Gasteiger partial charge is 0.333 e. The highest BCUT2D eigenvalue weighted by Gasteiger charge is 2.22. The number of nitrogens with one attached hydrogen (secondary N) is 2. The Balaban J connectivity index is 2.03. The maximum Gasteiger partial charge on any atom is 0.321 e. The van der Waals surface area contributed by atoms with E-state index in [0.29, 0.717) is 16.0 Å². The van der Waals surface area contributed by atoms with Crippen molar-refractivity contribution < 1.29 is 9.59 Å². The Hall–Kier alpha value is -2.06. The number of carbonyl (C=O) groups is 2. The van der Waals surface area contributed by atoms with E-state index in [2.05, 4.69) is 20.8 Å². The summed E-state index contributed by atoms with van der Waals surface area (Å²) in [6.07, 6.45) is 0. The number of hydrogen-bond acceptors (Lipinski definition) is 5. The zero-order valence-electron chi connectivity index (χ0n) is 15.3. The lowest BCUT2D eigenvalue weighted by Gasteiger charge is -2.21. The van der Waals surface area contributed by atoms with Crippen molar-refractivity contribution in [2.24, 2.45) is 7.05 Å². The molecule has 0 aliphatic heterocycles. The van der Waals surface area contributed by atoms with Crippen LogP contribution in [0.3, 0.4) is 0 Å². The van der Waals surface area contributed by atoms with Crippen molar-refractivity contribution >= 4 is 35.3 Å². The third-order valence-corrected chi connectivity index (χ3v) is 4.70. The van der Waals surface area contributed by atoms with Gasteiger partial charge in [-0.05, 0) is 52.0 Å². The standard InChI is InChI=1S/C17H22ClN5O2S/c1-10(14(24)19-15(25)20-17(2,3)4)26-16-22-21-13(23(16)5)11-6-8-12(18)9-7-11/h6-10H,1-5H3,(H2,19,20,24,25)/t10-/m1/s1. The van der Waals surface area contributed by atoms with Crippen molar-refractivity contribution in [2.75, 3.05) is 0 Å². The van der Waals surface area contributed by atoms with Crippen molar-refractivity contribution in [3.8, 4) is 11.4 Å². The molecule has 0 aliphatic rings. The molecule has 9 heteroatoms. The topological polar surface area (TPSA) is 88.9 Å².